The van der Waals surface area contributed by atoms with E-state index in [2.05, 4.69) is 15.5 Å². The predicted octanol–water partition coefficient (Wildman–Crippen LogP) is 1.01. The topological polar surface area (TPSA) is 105 Å². The largest absolute Gasteiger partial charge is 0.478 e. The normalized spacial score (nSPS) is 10.2. The van der Waals surface area contributed by atoms with Crippen molar-refractivity contribution in [3.63, 3.8) is 0 Å². The summed E-state index contributed by atoms with van der Waals surface area (Å²) in [7, 11) is 0. The monoisotopic (exact) mass is 261 g/mol. The zero-order valence-electron chi connectivity index (χ0n) is 10.1. The highest BCUT2D eigenvalue weighted by Crippen LogP contribution is 2.05. The maximum absolute atomic E-state index is 11.8. The number of carboxylic acids is 1. The summed E-state index contributed by atoms with van der Waals surface area (Å²) < 4.78 is 4.76. The Kier molecular flexibility index (Phi) is 3.56. The smallest absolute Gasteiger partial charge is 0.335 e. The minimum Gasteiger partial charge on any atom is -0.478 e. The van der Waals surface area contributed by atoms with Gasteiger partial charge in [-0.15, -0.1) is 0 Å². The molecule has 98 valence electrons. The van der Waals surface area contributed by atoms with Gasteiger partial charge in [0.25, 0.3) is 5.91 Å². The number of rotatable bonds is 4. The highest BCUT2D eigenvalue weighted by atomic mass is 16.5. The lowest BCUT2D eigenvalue weighted by Gasteiger charge is -2.03. The van der Waals surface area contributed by atoms with E-state index >= 15 is 0 Å². The third kappa shape index (κ3) is 3.15. The van der Waals surface area contributed by atoms with Crippen LogP contribution in [-0.2, 0) is 6.54 Å². The molecule has 2 rings (SSSR count). The van der Waals surface area contributed by atoms with Gasteiger partial charge in [0.2, 0.25) is 5.89 Å². The number of carboxylic acid groups (broad SMARTS) is 1. The maximum Gasteiger partial charge on any atom is 0.335 e. The molecule has 0 fully saturated rings. The Hall–Kier alpha value is -2.70. The van der Waals surface area contributed by atoms with Crippen LogP contribution in [0, 0.1) is 6.92 Å². The van der Waals surface area contributed by atoms with Gasteiger partial charge in [-0.3, -0.25) is 4.79 Å². The molecule has 0 bridgehead atoms. The van der Waals surface area contributed by atoms with Crippen LogP contribution in [-0.4, -0.2) is 27.1 Å². The molecule has 1 amide bonds. The molecule has 0 unspecified atom stereocenters. The number of hydrogen-bond acceptors (Lipinski definition) is 5. The van der Waals surface area contributed by atoms with Gasteiger partial charge in [-0.1, -0.05) is 11.2 Å². The summed E-state index contributed by atoms with van der Waals surface area (Å²) in [4.78, 5) is 26.5. The summed E-state index contributed by atoms with van der Waals surface area (Å²) in [6, 6.07) is 5.76. The van der Waals surface area contributed by atoms with Crippen LogP contribution < -0.4 is 5.32 Å². The Morgan fingerprint density at radius 1 is 1.37 bits per heavy atom. The molecule has 1 aromatic carbocycles. The number of benzene rings is 1. The van der Waals surface area contributed by atoms with Crippen LogP contribution in [0.5, 0.6) is 0 Å². The van der Waals surface area contributed by atoms with E-state index in [4.69, 9.17) is 9.63 Å². The number of nitrogens with one attached hydrogen (secondary N) is 1. The van der Waals surface area contributed by atoms with Crippen molar-refractivity contribution in [2.45, 2.75) is 13.5 Å². The Morgan fingerprint density at radius 3 is 2.74 bits per heavy atom. The molecule has 0 aliphatic rings. The van der Waals surface area contributed by atoms with E-state index in [9.17, 15) is 9.59 Å². The molecule has 0 spiro atoms. The average molecular weight is 261 g/mol. The van der Waals surface area contributed by atoms with Gasteiger partial charge in [0.05, 0.1) is 12.1 Å². The zero-order chi connectivity index (χ0) is 13.8. The van der Waals surface area contributed by atoms with Gasteiger partial charge < -0.3 is 14.9 Å². The van der Waals surface area contributed by atoms with Crippen molar-refractivity contribution in [1.29, 1.82) is 0 Å². The van der Waals surface area contributed by atoms with E-state index in [1.54, 1.807) is 6.92 Å². The Labute approximate surface area is 108 Å². The van der Waals surface area contributed by atoms with E-state index in [1.165, 1.54) is 24.3 Å². The first-order chi connectivity index (χ1) is 9.06. The van der Waals surface area contributed by atoms with E-state index in [1.807, 2.05) is 0 Å². The third-order valence-electron chi connectivity index (χ3n) is 2.35. The van der Waals surface area contributed by atoms with Crippen LogP contribution in [0.3, 0.4) is 0 Å². The molecule has 1 aromatic heterocycles. The molecule has 0 saturated carbocycles. The number of aryl methyl sites for hydroxylation is 1. The number of carbonyl (C=O) groups is 2. The quantitative estimate of drug-likeness (QED) is 0.850. The van der Waals surface area contributed by atoms with Crippen molar-refractivity contribution >= 4 is 11.9 Å². The highest BCUT2D eigenvalue weighted by Gasteiger charge is 2.10. The second-order valence-corrected chi connectivity index (χ2v) is 3.80. The lowest BCUT2D eigenvalue weighted by atomic mass is 10.1. The van der Waals surface area contributed by atoms with E-state index in [-0.39, 0.29) is 17.7 Å². The van der Waals surface area contributed by atoms with Crippen molar-refractivity contribution in [2.24, 2.45) is 0 Å². The molecule has 0 radical (unpaired) electrons. The fraction of sp³-hybridized carbons (Fsp3) is 0.167. The molecule has 2 aromatic rings. The van der Waals surface area contributed by atoms with Crippen LogP contribution >= 0.6 is 0 Å². The van der Waals surface area contributed by atoms with Crippen LogP contribution in [0.15, 0.2) is 28.8 Å². The van der Waals surface area contributed by atoms with Crippen LogP contribution in [0.1, 0.15) is 32.4 Å². The van der Waals surface area contributed by atoms with Crippen molar-refractivity contribution in [1.82, 2.24) is 15.5 Å². The van der Waals surface area contributed by atoms with Crippen LogP contribution in [0.4, 0.5) is 0 Å². The summed E-state index contributed by atoms with van der Waals surface area (Å²) in [6.45, 7) is 1.77. The van der Waals surface area contributed by atoms with Crippen molar-refractivity contribution in [2.75, 3.05) is 0 Å². The number of aromatic nitrogens is 2. The minimum atomic E-state index is -1.08. The first-order valence-electron chi connectivity index (χ1n) is 5.47. The molecule has 0 aliphatic heterocycles. The Morgan fingerprint density at radius 2 is 2.11 bits per heavy atom. The second-order valence-electron chi connectivity index (χ2n) is 3.80. The molecule has 19 heavy (non-hydrogen) atoms. The van der Waals surface area contributed by atoms with Gasteiger partial charge >= 0.3 is 5.97 Å². The SMILES string of the molecule is Cc1nc(CNC(=O)c2cccc(C(=O)O)c2)no1. The first-order valence-corrected chi connectivity index (χ1v) is 5.47. The highest BCUT2D eigenvalue weighted by molar-refractivity contribution is 5.97. The Bertz CT molecular complexity index is 621. The summed E-state index contributed by atoms with van der Waals surface area (Å²) in [5, 5.41) is 15.0. The fourth-order valence-corrected chi connectivity index (χ4v) is 1.47. The van der Waals surface area contributed by atoms with Crippen molar-refractivity contribution in [3.05, 3.63) is 47.1 Å². The Balaban J connectivity index is 2.03. The lowest BCUT2D eigenvalue weighted by Crippen LogP contribution is -2.23. The van der Waals surface area contributed by atoms with Gasteiger partial charge in [0.1, 0.15) is 0 Å². The third-order valence-corrected chi connectivity index (χ3v) is 2.35. The zero-order valence-corrected chi connectivity index (χ0v) is 10.1. The van der Waals surface area contributed by atoms with E-state index in [0.29, 0.717) is 11.7 Å². The molecule has 7 heteroatoms. The van der Waals surface area contributed by atoms with Crippen molar-refractivity contribution < 1.29 is 19.2 Å². The summed E-state index contributed by atoms with van der Waals surface area (Å²) in [6.07, 6.45) is 0. The molecular formula is C12H11N3O4. The number of carbonyl (C=O) groups excluding carboxylic acids is 1. The summed E-state index contributed by atoms with van der Waals surface area (Å²) in [5.41, 5.74) is 0.322. The predicted molar refractivity (Wildman–Crippen MR) is 63.6 cm³/mol. The standard InChI is InChI=1S/C12H11N3O4/c1-7-14-10(15-19-7)6-13-11(16)8-3-2-4-9(5-8)12(17)18/h2-5H,6H2,1H3,(H,13,16)(H,17,18). The molecule has 7 nitrogen and oxygen atoms in total. The van der Waals surface area contributed by atoms with Gasteiger partial charge in [-0.25, -0.2) is 4.79 Å². The maximum atomic E-state index is 11.8. The molecule has 0 atom stereocenters. The molecule has 0 aliphatic carbocycles. The number of amides is 1. The van der Waals surface area contributed by atoms with Gasteiger partial charge in [-0.2, -0.15) is 4.98 Å². The number of hydrogen-bond donors (Lipinski definition) is 2. The summed E-state index contributed by atoms with van der Waals surface area (Å²) in [5.74, 6) is -0.702. The first kappa shape index (κ1) is 12.7. The molecule has 2 N–H and O–H groups in total. The molecular weight excluding hydrogens is 250 g/mol. The van der Waals surface area contributed by atoms with E-state index < -0.39 is 11.9 Å². The van der Waals surface area contributed by atoms with Gasteiger partial charge in [0, 0.05) is 12.5 Å². The van der Waals surface area contributed by atoms with Gasteiger partial charge in [0.15, 0.2) is 5.82 Å². The summed E-state index contributed by atoms with van der Waals surface area (Å²) >= 11 is 0. The second kappa shape index (κ2) is 5.30. The van der Waals surface area contributed by atoms with Crippen molar-refractivity contribution in [3.8, 4) is 0 Å². The van der Waals surface area contributed by atoms with Crippen LogP contribution in [0.2, 0.25) is 0 Å². The number of aromatic carboxylic acids is 1. The van der Waals surface area contributed by atoms with Crippen LogP contribution in [0.25, 0.3) is 0 Å². The minimum absolute atomic E-state index is 0.0584. The van der Waals surface area contributed by atoms with E-state index in [0.717, 1.165) is 0 Å². The number of nitrogens with zero attached hydrogens (tertiary/aromatic N) is 2. The molecule has 0 saturated heterocycles. The average Bonchev–Trinajstić information content (AvgIpc) is 2.82. The molecule has 1 heterocycles. The lowest BCUT2D eigenvalue weighted by molar-refractivity contribution is 0.0697. The van der Waals surface area contributed by atoms with Gasteiger partial charge in [-0.05, 0) is 18.2 Å². The fourth-order valence-electron chi connectivity index (χ4n) is 1.47.